The van der Waals surface area contributed by atoms with Crippen LogP contribution >= 0.6 is 11.6 Å². The lowest BCUT2D eigenvalue weighted by Gasteiger charge is -2.14. The van der Waals surface area contributed by atoms with Gasteiger partial charge in [0.25, 0.3) is 0 Å². The number of amides is 1. The number of pyridine rings is 2. The Labute approximate surface area is 178 Å². The van der Waals surface area contributed by atoms with Crippen LogP contribution in [0.2, 0.25) is 5.15 Å². The van der Waals surface area contributed by atoms with E-state index >= 15 is 0 Å². The van der Waals surface area contributed by atoms with Gasteiger partial charge in [-0.15, -0.1) is 0 Å². The van der Waals surface area contributed by atoms with Crippen molar-refractivity contribution in [2.45, 2.75) is 12.6 Å². The number of halogens is 1. The van der Waals surface area contributed by atoms with Crippen LogP contribution in [0.15, 0.2) is 48.7 Å². The van der Waals surface area contributed by atoms with Gasteiger partial charge in [-0.2, -0.15) is 0 Å². The number of aliphatic hydroxyl groups is 1. The van der Waals surface area contributed by atoms with Gasteiger partial charge in [-0.3, -0.25) is 0 Å². The summed E-state index contributed by atoms with van der Waals surface area (Å²) in [6, 6.07) is 13.6. The first-order chi connectivity index (χ1) is 14.6. The third-order valence-corrected chi connectivity index (χ3v) is 4.91. The summed E-state index contributed by atoms with van der Waals surface area (Å²) in [6.07, 6.45) is 0.729. The molecule has 3 aromatic rings. The zero-order valence-electron chi connectivity index (χ0n) is 16.1. The highest BCUT2D eigenvalue weighted by Crippen LogP contribution is 2.30. The normalized spacial score (nSPS) is 16.0. The van der Waals surface area contributed by atoms with Crippen molar-refractivity contribution in [1.29, 1.82) is 0 Å². The van der Waals surface area contributed by atoms with Gasteiger partial charge in [-0.05, 0) is 17.7 Å². The second kappa shape index (κ2) is 9.15. The predicted octanol–water partition coefficient (Wildman–Crippen LogP) is 3.09. The number of nitrogens with one attached hydrogen (secondary N) is 1. The van der Waals surface area contributed by atoms with Crippen molar-refractivity contribution in [2.24, 2.45) is 0 Å². The number of β-amino-alcohol motifs (C(OH)–C–C–N with tert-alkyl or cyclic N) is 1. The number of aliphatic hydroxyl groups excluding tert-OH is 1. The van der Waals surface area contributed by atoms with Crippen molar-refractivity contribution in [3.8, 4) is 5.88 Å². The molecule has 30 heavy (non-hydrogen) atoms. The quantitative estimate of drug-likeness (QED) is 0.532. The van der Waals surface area contributed by atoms with Gasteiger partial charge in [0.15, 0.2) is 6.10 Å². The summed E-state index contributed by atoms with van der Waals surface area (Å²) < 4.78 is 11.1. The van der Waals surface area contributed by atoms with E-state index in [0.717, 1.165) is 16.6 Å². The van der Waals surface area contributed by atoms with Crippen LogP contribution in [0.3, 0.4) is 0 Å². The van der Waals surface area contributed by atoms with Gasteiger partial charge in [0.05, 0.1) is 13.2 Å². The third kappa shape index (κ3) is 4.55. The van der Waals surface area contributed by atoms with Crippen molar-refractivity contribution in [1.82, 2.24) is 14.9 Å². The van der Waals surface area contributed by atoms with E-state index in [1.807, 2.05) is 36.4 Å². The standard InChI is InChI=1S/C21H21ClN4O4/c22-18-10-17(24-11-14-4-2-1-3-5-14)16-6-7-23-20(19(16)25-18)29-13-15-12-26(8-9-27)21(28)30-15/h1-7,10,15,27H,8-9,11-13H2,(H,24,25). The minimum absolute atomic E-state index is 0.116. The Hall–Kier alpha value is -3.10. The predicted molar refractivity (Wildman–Crippen MR) is 113 cm³/mol. The van der Waals surface area contributed by atoms with Gasteiger partial charge >= 0.3 is 6.09 Å². The Morgan fingerprint density at radius 3 is 2.93 bits per heavy atom. The van der Waals surface area contributed by atoms with E-state index in [4.69, 9.17) is 26.2 Å². The highest BCUT2D eigenvalue weighted by atomic mass is 35.5. The van der Waals surface area contributed by atoms with Gasteiger partial charge in [-0.25, -0.2) is 14.8 Å². The number of fused-ring (bicyclic) bond motifs is 1. The first kappa shape index (κ1) is 20.2. The Balaban J connectivity index is 1.50. The molecule has 1 atom stereocenters. The summed E-state index contributed by atoms with van der Waals surface area (Å²) in [6.45, 7) is 1.22. The Morgan fingerprint density at radius 2 is 2.13 bits per heavy atom. The van der Waals surface area contributed by atoms with E-state index in [1.54, 1.807) is 12.3 Å². The topological polar surface area (TPSA) is 96.8 Å². The Bertz CT molecular complexity index is 1030. The number of nitrogens with zero attached hydrogens (tertiary/aromatic N) is 3. The lowest BCUT2D eigenvalue weighted by molar-refractivity contribution is 0.101. The van der Waals surface area contributed by atoms with E-state index < -0.39 is 12.2 Å². The average Bonchev–Trinajstić information content (AvgIpc) is 3.11. The molecule has 1 aliphatic heterocycles. The molecule has 1 aromatic carbocycles. The summed E-state index contributed by atoms with van der Waals surface area (Å²) in [5.41, 5.74) is 2.49. The molecular formula is C21H21ClN4O4. The van der Waals surface area contributed by atoms with Gasteiger partial charge in [0, 0.05) is 30.4 Å². The SMILES string of the molecule is O=C1OC(COc2nccc3c(NCc4ccccc4)cc(Cl)nc23)CN1CCO. The van der Waals surface area contributed by atoms with Crippen LogP contribution in [0.25, 0.3) is 10.9 Å². The molecule has 4 rings (SSSR count). The molecule has 3 heterocycles. The van der Waals surface area contributed by atoms with Crippen LogP contribution in [-0.4, -0.2) is 58.5 Å². The fraction of sp³-hybridized carbons (Fsp3) is 0.286. The maximum Gasteiger partial charge on any atom is 0.410 e. The molecule has 0 spiro atoms. The maximum atomic E-state index is 11.8. The van der Waals surface area contributed by atoms with Crippen molar-refractivity contribution >= 4 is 34.3 Å². The molecule has 2 aromatic heterocycles. The number of anilines is 1. The van der Waals surface area contributed by atoms with Crippen LogP contribution < -0.4 is 10.1 Å². The van der Waals surface area contributed by atoms with Crippen molar-refractivity contribution in [3.63, 3.8) is 0 Å². The summed E-state index contributed by atoms with van der Waals surface area (Å²) in [7, 11) is 0. The summed E-state index contributed by atoms with van der Waals surface area (Å²) in [5.74, 6) is 0.314. The number of hydrogen-bond acceptors (Lipinski definition) is 7. The number of carbonyl (C=O) groups excluding carboxylic acids is 1. The van der Waals surface area contributed by atoms with E-state index in [2.05, 4.69) is 15.3 Å². The zero-order valence-corrected chi connectivity index (χ0v) is 16.9. The zero-order chi connectivity index (χ0) is 20.9. The van der Waals surface area contributed by atoms with Gasteiger partial charge < -0.3 is 24.8 Å². The Kier molecular flexibility index (Phi) is 6.15. The second-order valence-corrected chi connectivity index (χ2v) is 7.22. The first-order valence-electron chi connectivity index (χ1n) is 9.56. The molecule has 1 unspecified atom stereocenters. The largest absolute Gasteiger partial charge is 0.472 e. The van der Waals surface area contributed by atoms with E-state index in [9.17, 15) is 4.79 Å². The highest BCUT2D eigenvalue weighted by molar-refractivity contribution is 6.30. The second-order valence-electron chi connectivity index (χ2n) is 6.83. The van der Waals surface area contributed by atoms with Gasteiger partial charge in [0.1, 0.15) is 17.3 Å². The van der Waals surface area contributed by atoms with Gasteiger partial charge in [-0.1, -0.05) is 41.9 Å². The number of carbonyl (C=O) groups is 1. The van der Waals surface area contributed by atoms with Crippen LogP contribution in [-0.2, 0) is 11.3 Å². The van der Waals surface area contributed by atoms with E-state index in [1.165, 1.54) is 4.90 Å². The van der Waals surface area contributed by atoms with Crippen LogP contribution in [0.5, 0.6) is 5.88 Å². The van der Waals surface area contributed by atoms with Gasteiger partial charge in [0.2, 0.25) is 5.88 Å². The third-order valence-electron chi connectivity index (χ3n) is 4.71. The monoisotopic (exact) mass is 428 g/mol. The number of hydrogen-bond donors (Lipinski definition) is 2. The number of aromatic nitrogens is 2. The lowest BCUT2D eigenvalue weighted by atomic mass is 10.2. The number of rotatable bonds is 8. The number of ether oxygens (including phenoxy) is 2. The summed E-state index contributed by atoms with van der Waals surface area (Å²) >= 11 is 6.24. The van der Waals surface area contributed by atoms with Crippen molar-refractivity contribution in [2.75, 3.05) is 31.6 Å². The van der Waals surface area contributed by atoms with Crippen molar-refractivity contribution in [3.05, 3.63) is 59.4 Å². The fourth-order valence-electron chi connectivity index (χ4n) is 3.28. The summed E-state index contributed by atoms with van der Waals surface area (Å²) in [5, 5.41) is 13.5. The molecule has 1 aliphatic rings. The molecule has 0 radical (unpaired) electrons. The lowest BCUT2D eigenvalue weighted by Crippen LogP contribution is -2.29. The minimum atomic E-state index is -0.461. The van der Waals surface area contributed by atoms with E-state index in [0.29, 0.717) is 29.6 Å². The molecule has 9 heteroatoms. The van der Waals surface area contributed by atoms with Crippen LogP contribution in [0, 0.1) is 0 Å². The minimum Gasteiger partial charge on any atom is -0.472 e. The maximum absolute atomic E-state index is 11.8. The fourth-order valence-corrected chi connectivity index (χ4v) is 3.47. The molecule has 0 bridgehead atoms. The van der Waals surface area contributed by atoms with Crippen LogP contribution in [0.1, 0.15) is 5.56 Å². The molecule has 2 N–H and O–H groups in total. The molecule has 1 saturated heterocycles. The van der Waals surface area contributed by atoms with Crippen molar-refractivity contribution < 1.29 is 19.4 Å². The average molecular weight is 429 g/mol. The highest BCUT2D eigenvalue weighted by Gasteiger charge is 2.31. The van der Waals surface area contributed by atoms with Crippen LogP contribution in [0.4, 0.5) is 10.5 Å². The molecule has 0 aliphatic carbocycles. The molecule has 0 saturated carbocycles. The smallest absolute Gasteiger partial charge is 0.410 e. The Morgan fingerprint density at radius 1 is 1.30 bits per heavy atom. The molecule has 8 nitrogen and oxygen atoms in total. The molecule has 1 fully saturated rings. The van der Waals surface area contributed by atoms with E-state index in [-0.39, 0.29) is 19.8 Å². The molecule has 156 valence electrons. The number of cyclic esters (lactones) is 1. The first-order valence-corrected chi connectivity index (χ1v) is 9.94. The molecular weight excluding hydrogens is 408 g/mol. The number of benzene rings is 1. The molecule has 1 amide bonds. The summed E-state index contributed by atoms with van der Waals surface area (Å²) in [4.78, 5) is 21.9.